The number of benzene rings is 3. The van der Waals surface area contributed by atoms with Gasteiger partial charge in [0.2, 0.25) is 0 Å². The molecule has 31 heavy (non-hydrogen) atoms. The van der Waals surface area contributed by atoms with Crippen molar-refractivity contribution in [3.8, 4) is 17.2 Å². The molecule has 1 heterocycles. The number of rotatable bonds is 6. The van der Waals surface area contributed by atoms with Gasteiger partial charge in [-0.2, -0.15) is 5.26 Å². The standard InChI is InChI=1S/C26H22ClN3O/c1-18-5-3-4-6-23(18)24-13-22(27)12-11-21(24)16-31-26(25-15-29-17-30(25)2)20-9-7-19(14-28)8-10-20/h3-13,15,17,26H,16H2,1-2H3. The summed E-state index contributed by atoms with van der Waals surface area (Å²) >= 11 is 6.33. The monoisotopic (exact) mass is 427 g/mol. The van der Waals surface area contributed by atoms with Crippen LogP contribution < -0.4 is 0 Å². The maximum Gasteiger partial charge on any atom is 0.124 e. The molecule has 4 nitrogen and oxygen atoms in total. The lowest BCUT2D eigenvalue weighted by Gasteiger charge is -2.21. The van der Waals surface area contributed by atoms with Crippen LogP contribution in [0.2, 0.25) is 5.02 Å². The van der Waals surface area contributed by atoms with Crippen LogP contribution in [-0.4, -0.2) is 9.55 Å². The first-order valence-electron chi connectivity index (χ1n) is 9.99. The topological polar surface area (TPSA) is 50.8 Å². The molecular formula is C26H22ClN3O. The summed E-state index contributed by atoms with van der Waals surface area (Å²) in [5.41, 5.74) is 6.96. The van der Waals surface area contributed by atoms with Gasteiger partial charge in [0.1, 0.15) is 6.10 Å². The van der Waals surface area contributed by atoms with E-state index < -0.39 is 0 Å². The average Bonchev–Trinajstić information content (AvgIpc) is 3.21. The van der Waals surface area contributed by atoms with Crippen molar-refractivity contribution in [2.45, 2.75) is 19.6 Å². The molecule has 5 heteroatoms. The first-order valence-corrected chi connectivity index (χ1v) is 10.4. The summed E-state index contributed by atoms with van der Waals surface area (Å²) in [5, 5.41) is 9.82. The quantitative estimate of drug-likeness (QED) is 0.366. The summed E-state index contributed by atoms with van der Waals surface area (Å²) in [6.07, 6.45) is 3.25. The van der Waals surface area contributed by atoms with Crippen molar-refractivity contribution in [2.24, 2.45) is 7.05 Å². The molecule has 1 atom stereocenters. The highest BCUT2D eigenvalue weighted by atomic mass is 35.5. The lowest BCUT2D eigenvalue weighted by atomic mass is 9.96. The number of aryl methyl sites for hydroxylation is 2. The normalized spacial score (nSPS) is 11.8. The molecule has 0 aliphatic carbocycles. The van der Waals surface area contributed by atoms with E-state index in [1.165, 1.54) is 5.56 Å². The van der Waals surface area contributed by atoms with Crippen LogP contribution in [0.4, 0.5) is 0 Å². The molecule has 3 aromatic carbocycles. The molecule has 0 aliphatic rings. The average molecular weight is 428 g/mol. The first kappa shape index (κ1) is 20.9. The number of halogens is 1. The van der Waals surface area contributed by atoms with Crippen LogP contribution in [0.3, 0.4) is 0 Å². The van der Waals surface area contributed by atoms with Gasteiger partial charge in [-0.1, -0.05) is 54.1 Å². The zero-order valence-corrected chi connectivity index (χ0v) is 18.2. The molecular weight excluding hydrogens is 406 g/mol. The third-order valence-corrected chi connectivity index (χ3v) is 5.61. The third kappa shape index (κ3) is 4.54. The highest BCUT2D eigenvalue weighted by Crippen LogP contribution is 2.33. The van der Waals surface area contributed by atoms with Crippen LogP contribution in [0.15, 0.2) is 79.3 Å². The van der Waals surface area contributed by atoms with E-state index in [4.69, 9.17) is 21.6 Å². The first-order chi connectivity index (χ1) is 15.1. The van der Waals surface area contributed by atoms with Crippen molar-refractivity contribution in [1.29, 1.82) is 5.26 Å². The molecule has 0 saturated heterocycles. The zero-order chi connectivity index (χ0) is 21.8. The van der Waals surface area contributed by atoms with E-state index in [0.717, 1.165) is 27.9 Å². The van der Waals surface area contributed by atoms with Crippen molar-refractivity contribution < 1.29 is 4.74 Å². The molecule has 1 unspecified atom stereocenters. The molecule has 1 aromatic heterocycles. The summed E-state index contributed by atoms with van der Waals surface area (Å²) in [6, 6.07) is 23.8. The van der Waals surface area contributed by atoms with Crippen LogP contribution in [0.25, 0.3) is 11.1 Å². The summed E-state index contributed by atoms with van der Waals surface area (Å²) in [6.45, 7) is 2.49. The Bertz CT molecular complexity index is 1240. The second kappa shape index (κ2) is 9.18. The van der Waals surface area contributed by atoms with Gasteiger partial charge in [-0.05, 0) is 59.0 Å². The molecule has 0 N–H and O–H groups in total. The third-order valence-electron chi connectivity index (χ3n) is 5.38. The minimum absolute atomic E-state index is 0.319. The second-order valence-corrected chi connectivity index (χ2v) is 7.91. The molecule has 0 amide bonds. The SMILES string of the molecule is Cc1ccccc1-c1cc(Cl)ccc1COC(c1ccc(C#N)cc1)c1cncn1C. The Hall–Kier alpha value is -3.39. The Kier molecular flexibility index (Phi) is 6.18. The summed E-state index contributed by atoms with van der Waals surface area (Å²) < 4.78 is 8.42. The van der Waals surface area contributed by atoms with Gasteiger partial charge in [-0.25, -0.2) is 4.98 Å². The van der Waals surface area contributed by atoms with Crippen molar-refractivity contribution >= 4 is 11.6 Å². The van der Waals surface area contributed by atoms with E-state index in [-0.39, 0.29) is 6.10 Å². The van der Waals surface area contributed by atoms with Gasteiger partial charge >= 0.3 is 0 Å². The molecule has 0 fully saturated rings. The maximum atomic E-state index is 9.12. The molecule has 0 bridgehead atoms. The Morgan fingerprint density at radius 3 is 2.52 bits per heavy atom. The van der Waals surface area contributed by atoms with Crippen LogP contribution >= 0.6 is 11.6 Å². The molecule has 4 rings (SSSR count). The molecule has 154 valence electrons. The highest BCUT2D eigenvalue weighted by Gasteiger charge is 2.19. The predicted octanol–water partition coefficient (Wildman–Crippen LogP) is 6.23. The Balaban J connectivity index is 1.69. The maximum absolute atomic E-state index is 9.12. The van der Waals surface area contributed by atoms with Gasteiger partial charge in [-0.3, -0.25) is 0 Å². The number of nitriles is 1. The molecule has 0 spiro atoms. The fourth-order valence-corrected chi connectivity index (χ4v) is 3.85. The number of aromatic nitrogens is 2. The molecule has 0 aliphatic heterocycles. The number of ether oxygens (including phenoxy) is 1. The Morgan fingerprint density at radius 2 is 1.84 bits per heavy atom. The van der Waals surface area contributed by atoms with Crippen molar-refractivity contribution in [2.75, 3.05) is 0 Å². The van der Waals surface area contributed by atoms with Gasteiger partial charge in [0.05, 0.1) is 36.5 Å². The summed E-state index contributed by atoms with van der Waals surface area (Å²) in [5.74, 6) is 0. The largest absolute Gasteiger partial charge is 0.362 e. The molecule has 4 aromatic rings. The van der Waals surface area contributed by atoms with E-state index in [1.54, 1.807) is 6.33 Å². The summed E-state index contributed by atoms with van der Waals surface area (Å²) in [4.78, 5) is 4.26. The molecule has 0 saturated carbocycles. The van der Waals surface area contributed by atoms with Crippen molar-refractivity contribution in [3.05, 3.63) is 112 Å². The number of imidazole rings is 1. The molecule has 0 radical (unpaired) electrons. The van der Waals surface area contributed by atoms with Gasteiger partial charge in [0, 0.05) is 12.1 Å². The van der Waals surface area contributed by atoms with E-state index in [9.17, 15) is 0 Å². The smallest absolute Gasteiger partial charge is 0.124 e. The van der Waals surface area contributed by atoms with Gasteiger partial charge in [0.25, 0.3) is 0 Å². The van der Waals surface area contributed by atoms with E-state index in [0.29, 0.717) is 17.2 Å². The van der Waals surface area contributed by atoms with Gasteiger partial charge in [0.15, 0.2) is 0 Å². The van der Waals surface area contributed by atoms with Gasteiger partial charge in [-0.15, -0.1) is 0 Å². The lowest BCUT2D eigenvalue weighted by Crippen LogP contribution is -2.11. The second-order valence-electron chi connectivity index (χ2n) is 7.47. The Morgan fingerprint density at radius 1 is 1.06 bits per heavy atom. The number of nitrogens with zero attached hydrogens (tertiary/aromatic N) is 3. The van der Waals surface area contributed by atoms with Crippen molar-refractivity contribution in [3.63, 3.8) is 0 Å². The zero-order valence-electron chi connectivity index (χ0n) is 17.4. The van der Waals surface area contributed by atoms with Crippen LogP contribution in [0.5, 0.6) is 0 Å². The number of hydrogen-bond donors (Lipinski definition) is 0. The highest BCUT2D eigenvalue weighted by molar-refractivity contribution is 6.30. The lowest BCUT2D eigenvalue weighted by molar-refractivity contribution is 0.0624. The van der Waals surface area contributed by atoms with E-state index in [2.05, 4.69) is 30.1 Å². The fraction of sp³-hybridized carbons (Fsp3) is 0.154. The minimum Gasteiger partial charge on any atom is -0.362 e. The Labute approximate surface area is 187 Å². The number of hydrogen-bond acceptors (Lipinski definition) is 3. The van der Waals surface area contributed by atoms with E-state index >= 15 is 0 Å². The van der Waals surface area contributed by atoms with E-state index in [1.807, 2.05) is 72.4 Å². The van der Waals surface area contributed by atoms with Crippen LogP contribution in [0, 0.1) is 18.3 Å². The van der Waals surface area contributed by atoms with Crippen LogP contribution in [-0.2, 0) is 18.4 Å². The van der Waals surface area contributed by atoms with Crippen LogP contribution in [0.1, 0.15) is 34.1 Å². The van der Waals surface area contributed by atoms with Crippen molar-refractivity contribution in [1.82, 2.24) is 9.55 Å². The van der Waals surface area contributed by atoms with Gasteiger partial charge < -0.3 is 9.30 Å². The minimum atomic E-state index is -0.319. The summed E-state index contributed by atoms with van der Waals surface area (Å²) in [7, 11) is 1.95. The predicted molar refractivity (Wildman–Crippen MR) is 123 cm³/mol. The fourth-order valence-electron chi connectivity index (χ4n) is 3.68.